The van der Waals surface area contributed by atoms with E-state index in [4.69, 9.17) is 11.0 Å². The summed E-state index contributed by atoms with van der Waals surface area (Å²) in [5.74, 6) is 0. The van der Waals surface area contributed by atoms with Crippen LogP contribution in [0.25, 0.3) is 0 Å². The first-order chi connectivity index (χ1) is 7.17. The van der Waals surface area contributed by atoms with Gasteiger partial charge < -0.3 is 10.6 Å². The first-order valence-electron chi connectivity index (χ1n) is 4.75. The van der Waals surface area contributed by atoms with Crippen LogP contribution in [0.3, 0.4) is 0 Å². The molecule has 0 bridgehead atoms. The molecule has 0 aliphatic carbocycles. The second kappa shape index (κ2) is 5.18. The highest BCUT2D eigenvalue weighted by Gasteiger charge is 2.01. The predicted molar refractivity (Wildman–Crippen MR) is 62.6 cm³/mol. The fourth-order valence-electron chi connectivity index (χ4n) is 1.28. The van der Waals surface area contributed by atoms with E-state index >= 15 is 0 Å². The topological polar surface area (TPSA) is 53.0 Å². The molecule has 1 aromatic carbocycles. The molecule has 0 spiro atoms. The predicted octanol–water partition coefficient (Wildman–Crippen LogP) is 1.51. The number of hydrogen-bond acceptors (Lipinski definition) is 3. The van der Waals surface area contributed by atoms with Crippen molar-refractivity contribution in [2.24, 2.45) is 5.73 Å². The van der Waals surface area contributed by atoms with Gasteiger partial charge in [-0.15, -0.1) is 0 Å². The maximum Gasteiger partial charge on any atom is 0.0991 e. The minimum atomic E-state index is 0.501. The number of rotatable bonds is 4. The van der Waals surface area contributed by atoms with E-state index in [-0.39, 0.29) is 0 Å². The van der Waals surface area contributed by atoms with Crippen molar-refractivity contribution >= 4 is 5.69 Å². The van der Waals surface area contributed by atoms with Crippen molar-refractivity contribution in [3.8, 4) is 6.07 Å². The third kappa shape index (κ3) is 3.12. The normalized spacial score (nSPS) is 9.40. The van der Waals surface area contributed by atoms with Crippen LogP contribution in [0.2, 0.25) is 0 Å². The number of nitriles is 1. The average molecular weight is 201 g/mol. The van der Waals surface area contributed by atoms with Crippen molar-refractivity contribution in [3.63, 3.8) is 0 Å². The van der Waals surface area contributed by atoms with Crippen LogP contribution >= 0.6 is 0 Å². The summed E-state index contributed by atoms with van der Waals surface area (Å²) in [6.07, 6.45) is 0. The van der Waals surface area contributed by atoms with E-state index in [0.717, 1.165) is 17.8 Å². The van der Waals surface area contributed by atoms with Crippen molar-refractivity contribution < 1.29 is 0 Å². The number of nitrogens with zero attached hydrogens (tertiary/aromatic N) is 2. The molecule has 0 amide bonds. The summed E-state index contributed by atoms with van der Waals surface area (Å²) in [5.41, 5.74) is 8.19. The summed E-state index contributed by atoms with van der Waals surface area (Å²) in [6, 6.07) is 9.53. The minimum Gasteiger partial charge on any atom is -0.371 e. The van der Waals surface area contributed by atoms with Crippen LogP contribution in [0.4, 0.5) is 5.69 Å². The third-order valence-electron chi connectivity index (χ3n) is 2.19. The van der Waals surface area contributed by atoms with Gasteiger partial charge in [-0.3, -0.25) is 0 Å². The van der Waals surface area contributed by atoms with Crippen LogP contribution in [0.15, 0.2) is 36.4 Å². The van der Waals surface area contributed by atoms with E-state index < -0.39 is 0 Å². The summed E-state index contributed by atoms with van der Waals surface area (Å²) in [7, 11) is 1.97. The molecule has 0 aliphatic heterocycles. The molecular formula is C12H15N3. The van der Waals surface area contributed by atoms with Gasteiger partial charge in [0.25, 0.3) is 0 Å². The molecule has 15 heavy (non-hydrogen) atoms. The van der Waals surface area contributed by atoms with Crippen molar-refractivity contribution in [2.75, 3.05) is 25.0 Å². The molecule has 1 rings (SSSR count). The first kappa shape index (κ1) is 11.3. The number of anilines is 1. The van der Waals surface area contributed by atoms with Gasteiger partial charge in [-0.2, -0.15) is 5.26 Å². The Balaban J connectivity index is 2.70. The summed E-state index contributed by atoms with van der Waals surface area (Å²) >= 11 is 0. The van der Waals surface area contributed by atoms with Crippen LogP contribution < -0.4 is 10.6 Å². The number of likely N-dealkylation sites (N-methyl/N-ethyl adjacent to an activating group) is 1. The molecule has 1 aromatic rings. The average Bonchev–Trinajstić information content (AvgIpc) is 2.29. The highest BCUT2D eigenvalue weighted by atomic mass is 15.1. The smallest absolute Gasteiger partial charge is 0.0991 e. The highest BCUT2D eigenvalue weighted by Crippen LogP contribution is 2.13. The molecule has 0 aromatic heterocycles. The molecule has 0 saturated heterocycles. The Morgan fingerprint density at radius 1 is 1.47 bits per heavy atom. The van der Waals surface area contributed by atoms with Gasteiger partial charge in [-0.05, 0) is 29.8 Å². The van der Waals surface area contributed by atoms with Gasteiger partial charge in [-0.25, -0.2) is 0 Å². The van der Waals surface area contributed by atoms with Crippen LogP contribution in [0.5, 0.6) is 0 Å². The van der Waals surface area contributed by atoms with Gasteiger partial charge in [0.15, 0.2) is 0 Å². The number of benzene rings is 1. The largest absolute Gasteiger partial charge is 0.371 e. The summed E-state index contributed by atoms with van der Waals surface area (Å²) in [5, 5.41) is 8.66. The Kier molecular flexibility index (Phi) is 3.90. The minimum absolute atomic E-state index is 0.501. The van der Waals surface area contributed by atoms with E-state index in [2.05, 4.69) is 17.5 Å². The number of hydrogen-bond donors (Lipinski definition) is 1. The molecule has 0 radical (unpaired) electrons. The van der Waals surface area contributed by atoms with E-state index in [0.29, 0.717) is 12.1 Å². The zero-order chi connectivity index (χ0) is 11.3. The highest BCUT2D eigenvalue weighted by molar-refractivity contribution is 5.49. The van der Waals surface area contributed by atoms with Crippen molar-refractivity contribution in [1.82, 2.24) is 0 Å². The van der Waals surface area contributed by atoms with E-state index in [9.17, 15) is 0 Å². The molecule has 0 atom stereocenters. The van der Waals surface area contributed by atoms with E-state index in [1.54, 1.807) is 12.1 Å². The maximum atomic E-state index is 8.66. The Morgan fingerprint density at radius 2 is 2.07 bits per heavy atom. The first-order valence-corrected chi connectivity index (χ1v) is 4.75. The Hall–Kier alpha value is -1.79. The molecule has 0 fully saturated rings. The van der Waals surface area contributed by atoms with Crippen LogP contribution in [0, 0.1) is 11.3 Å². The van der Waals surface area contributed by atoms with Gasteiger partial charge in [0, 0.05) is 25.8 Å². The molecule has 0 aliphatic rings. The van der Waals surface area contributed by atoms with Gasteiger partial charge >= 0.3 is 0 Å². The second-order valence-corrected chi connectivity index (χ2v) is 3.47. The van der Waals surface area contributed by atoms with Gasteiger partial charge in [0.1, 0.15) is 0 Å². The summed E-state index contributed by atoms with van der Waals surface area (Å²) in [4.78, 5) is 2.05. The van der Waals surface area contributed by atoms with Crippen LogP contribution in [0.1, 0.15) is 5.56 Å². The lowest BCUT2D eigenvalue weighted by Crippen LogP contribution is -2.22. The lowest BCUT2D eigenvalue weighted by molar-refractivity contribution is 0.949. The fourth-order valence-corrected chi connectivity index (χ4v) is 1.28. The van der Waals surface area contributed by atoms with E-state index in [1.807, 2.05) is 19.2 Å². The molecule has 2 N–H and O–H groups in total. The number of nitrogens with two attached hydrogens (primary N) is 1. The van der Waals surface area contributed by atoms with Gasteiger partial charge in [0.2, 0.25) is 0 Å². The van der Waals surface area contributed by atoms with Crippen LogP contribution in [-0.2, 0) is 0 Å². The molecule has 3 heteroatoms. The van der Waals surface area contributed by atoms with E-state index in [1.165, 1.54) is 0 Å². The zero-order valence-corrected chi connectivity index (χ0v) is 8.90. The fraction of sp³-hybridized carbons (Fsp3) is 0.250. The molecule has 0 saturated carbocycles. The molecule has 0 heterocycles. The Bertz CT molecular complexity index is 373. The lowest BCUT2D eigenvalue weighted by Gasteiger charge is -2.19. The Morgan fingerprint density at radius 3 is 2.53 bits per heavy atom. The monoisotopic (exact) mass is 201 g/mol. The maximum absolute atomic E-state index is 8.66. The van der Waals surface area contributed by atoms with Crippen molar-refractivity contribution in [3.05, 3.63) is 42.0 Å². The molecule has 0 unspecified atom stereocenters. The van der Waals surface area contributed by atoms with Crippen LogP contribution in [-0.4, -0.2) is 20.1 Å². The Labute approximate surface area is 90.4 Å². The summed E-state index contributed by atoms with van der Waals surface area (Å²) in [6.45, 7) is 5.09. The molecule has 78 valence electrons. The van der Waals surface area contributed by atoms with Gasteiger partial charge in [0.05, 0.1) is 11.6 Å². The third-order valence-corrected chi connectivity index (χ3v) is 2.19. The molecular weight excluding hydrogens is 186 g/mol. The zero-order valence-electron chi connectivity index (χ0n) is 8.90. The molecule has 3 nitrogen and oxygen atoms in total. The summed E-state index contributed by atoms with van der Waals surface area (Å²) < 4.78 is 0. The van der Waals surface area contributed by atoms with Gasteiger partial charge in [-0.1, -0.05) is 6.58 Å². The second-order valence-electron chi connectivity index (χ2n) is 3.47. The van der Waals surface area contributed by atoms with Crippen molar-refractivity contribution in [2.45, 2.75) is 0 Å². The quantitative estimate of drug-likeness (QED) is 0.751. The van der Waals surface area contributed by atoms with Crippen molar-refractivity contribution in [1.29, 1.82) is 5.26 Å². The SMILES string of the molecule is C=C(CN)CN(C)c1ccc(C#N)cc1. The standard InChI is InChI=1S/C12H15N3/c1-10(7-13)9-15(2)12-5-3-11(8-14)4-6-12/h3-6H,1,7,9,13H2,2H3. The lowest BCUT2D eigenvalue weighted by atomic mass is 10.2.